The average molecular weight is 179 g/mol. The quantitative estimate of drug-likeness (QED) is 0.771. The predicted octanol–water partition coefficient (Wildman–Crippen LogP) is 2.73. The van der Waals surface area contributed by atoms with E-state index in [-0.39, 0.29) is 0 Å². The molecule has 0 spiro atoms. The Morgan fingerprint density at radius 1 is 1.54 bits per heavy atom. The molecule has 0 aliphatic heterocycles. The number of nitrogens with one attached hydrogen (secondary N) is 1. The van der Waals surface area contributed by atoms with Crippen molar-refractivity contribution < 1.29 is 4.42 Å². The van der Waals surface area contributed by atoms with Gasteiger partial charge in [-0.2, -0.15) is 0 Å². The molecule has 1 aromatic heterocycles. The highest BCUT2D eigenvalue weighted by molar-refractivity contribution is 5.04. The van der Waals surface area contributed by atoms with Crippen molar-refractivity contribution in [3.63, 3.8) is 0 Å². The average Bonchev–Trinajstić information content (AvgIpc) is 2.53. The van der Waals surface area contributed by atoms with Crippen molar-refractivity contribution in [2.45, 2.75) is 38.8 Å². The minimum absolute atomic E-state index is 0.354. The van der Waals surface area contributed by atoms with Crippen LogP contribution in [0, 0.1) is 5.92 Å². The largest absolute Gasteiger partial charge is 0.468 e. The Kier molecular flexibility index (Phi) is 2.40. The molecule has 0 amide bonds. The third-order valence-electron chi connectivity index (χ3n) is 2.83. The summed E-state index contributed by atoms with van der Waals surface area (Å²) in [7, 11) is 0. The Labute approximate surface area is 79.3 Å². The molecule has 1 atom stereocenters. The molecule has 1 saturated carbocycles. The number of furan rings is 1. The standard InChI is InChI=1S/C11H17NO/c1-8-6-10(7-8)12-9(2)11-4-3-5-13-11/h3-5,8-10,12H,6-7H2,1-2H3. The van der Waals surface area contributed by atoms with E-state index in [1.807, 2.05) is 12.1 Å². The molecule has 2 nitrogen and oxygen atoms in total. The molecule has 1 heterocycles. The molecule has 1 unspecified atom stereocenters. The van der Waals surface area contributed by atoms with Crippen molar-refractivity contribution in [2.24, 2.45) is 5.92 Å². The van der Waals surface area contributed by atoms with Crippen molar-refractivity contribution in [3.8, 4) is 0 Å². The van der Waals surface area contributed by atoms with Crippen LogP contribution in [0.5, 0.6) is 0 Å². The maximum atomic E-state index is 5.33. The molecule has 1 aromatic rings. The molecule has 13 heavy (non-hydrogen) atoms. The Balaban J connectivity index is 1.82. The molecular formula is C11H17NO. The normalized spacial score (nSPS) is 29.7. The molecule has 1 N–H and O–H groups in total. The van der Waals surface area contributed by atoms with Gasteiger partial charge in [0.05, 0.1) is 12.3 Å². The SMILES string of the molecule is CC1CC(NC(C)c2ccco2)C1. The lowest BCUT2D eigenvalue weighted by atomic mass is 9.81. The van der Waals surface area contributed by atoms with Crippen LogP contribution in [-0.2, 0) is 0 Å². The summed E-state index contributed by atoms with van der Waals surface area (Å²) < 4.78 is 5.33. The van der Waals surface area contributed by atoms with Gasteiger partial charge in [0.25, 0.3) is 0 Å². The van der Waals surface area contributed by atoms with Gasteiger partial charge in [0.1, 0.15) is 5.76 Å². The van der Waals surface area contributed by atoms with E-state index in [4.69, 9.17) is 4.42 Å². The van der Waals surface area contributed by atoms with Crippen LogP contribution in [-0.4, -0.2) is 6.04 Å². The zero-order valence-electron chi connectivity index (χ0n) is 8.29. The summed E-state index contributed by atoms with van der Waals surface area (Å²) in [6.45, 7) is 4.46. The summed E-state index contributed by atoms with van der Waals surface area (Å²) >= 11 is 0. The van der Waals surface area contributed by atoms with Gasteiger partial charge in [0.2, 0.25) is 0 Å². The second kappa shape index (κ2) is 3.54. The summed E-state index contributed by atoms with van der Waals surface area (Å²) in [6.07, 6.45) is 4.35. The molecule has 0 aromatic carbocycles. The first kappa shape index (κ1) is 8.82. The predicted molar refractivity (Wildman–Crippen MR) is 52.4 cm³/mol. The van der Waals surface area contributed by atoms with Gasteiger partial charge >= 0.3 is 0 Å². The van der Waals surface area contributed by atoms with E-state index in [0.29, 0.717) is 12.1 Å². The Morgan fingerprint density at radius 3 is 2.85 bits per heavy atom. The van der Waals surface area contributed by atoms with Crippen molar-refractivity contribution in [1.82, 2.24) is 5.32 Å². The lowest BCUT2D eigenvalue weighted by Gasteiger charge is -2.35. The second-order valence-corrected chi connectivity index (χ2v) is 4.18. The Hall–Kier alpha value is -0.760. The van der Waals surface area contributed by atoms with Crippen LogP contribution in [0.2, 0.25) is 0 Å². The number of hydrogen-bond acceptors (Lipinski definition) is 2. The number of hydrogen-bond donors (Lipinski definition) is 1. The molecule has 0 saturated heterocycles. The lowest BCUT2D eigenvalue weighted by Crippen LogP contribution is -2.41. The highest BCUT2D eigenvalue weighted by Gasteiger charge is 2.26. The first-order valence-corrected chi connectivity index (χ1v) is 5.05. The fourth-order valence-electron chi connectivity index (χ4n) is 2.01. The van der Waals surface area contributed by atoms with Crippen LogP contribution in [0.15, 0.2) is 22.8 Å². The highest BCUT2D eigenvalue weighted by Crippen LogP contribution is 2.28. The smallest absolute Gasteiger partial charge is 0.120 e. The highest BCUT2D eigenvalue weighted by atomic mass is 16.3. The van der Waals surface area contributed by atoms with Crippen molar-refractivity contribution in [1.29, 1.82) is 0 Å². The molecule has 1 aliphatic carbocycles. The Bertz CT molecular complexity index is 249. The van der Waals surface area contributed by atoms with Crippen molar-refractivity contribution in [2.75, 3.05) is 0 Å². The van der Waals surface area contributed by atoms with Crippen molar-refractivity contribution in [3.05, 3.63) is 24.2 Å². The topological polar surface area (TPSA) is 25.2 Å². The molecule has 2 heteroatoms. The van der Waals surface area contributed by atoms with E-state index in [0.717, 1.165) is 11.7 Å². The van der Waals surface area contributed by atoms with Crippen molar-refractivity contribution >= 4 is 0 Å². The molecule has 2 rings (SSSR count). The van der Waals surface area contributed by atoms with Gasteiger partial charge in [-0.3, -0.25) is 0 Å². The summed E-state index contributed by atoms with van der Waals surface area (Å²) in [4.78, 5) is 0. The van der Waals surface area contributed by atoms with Gasteiger partial charge in [0, 0.05) is 6.04 Å². The first-order valence-electron chi connectivity index (χ1n) is 5.05. The molecule has 1 aliphatic rings. The zero-order chi connectivity index (χ0) is 9.26. The molecular weight excluding hydrogens is 162 g/mol. The van der Waals surface area contributed by atoms with E-state index in [1.54, 1.807) is 6.26 Å². The van der Waals surface area contributed by atoms with Crippen LogP contribution in [0.3, 0.4) is 0 Å². The lowest BCUT2D eigenvalue weighted by molar-refractivity contribution is 0.218. The van der Waals surface area contributed by atoms with Crippen LogP contribution < -0.4 is 5.32 Å². The van der Waals surface area contributed by atoms with Crippen LogP contribution in [0.25, 0.3) is 0 Å². The summed E-state index contributed by atoms with van der Waals surface area (Å²) in [5.74, 6) is 1.95. The molecule has 72 valence electrons. The second-order valence-electron chi connectivity index (χ2n) is 4.18. The Morgan fingerprint density at radius 2 is 2.31 bits per heavy atom. The third-order valence-corrected chi connectivity index (χ3v) is 2.83. The fourth-order valence-corrected chi connectivity index (χ4v) is 2.01. The van der Waals surface area contributed by atoms with Gasteiger partial charge in [-0.1, -0.05) is 6.92 Å². The monoisotopic (exact) mass is 179 g/mol. The van der Waals surface area contributed by atoms with Gasteiger partial charge in [-0.05, 0) is 37.8 Å². The van der Waals surface area contributed by atoms with Gasteiger partial charge in [-0.25, -0.2) is 0 Å². The molecule has 0 bridgehead atoms. The van der Waals surface area contributed by atoms with Gasteiger partial charge in [0.15, 0.2) is 0 Å². The summed E-state index contributed by atoms with van der Waals surface area (Å²) in [5.41, 5.74) is 0. The zero-order valence-corrected chi connectivity index (χ0v) is 8.29. The van der Waals surface area contributed by atoms with E-state index in [1.165, 1.54) is 12.8 Å². The number of rotatable bonds is 3. The van der Waals surface area contributed by atoms with Crippen LogP contribution in [0.1, 0.15) is 38.5 Å². The summed E-state index contributed by atoms with van der Waals surface area (Å²) in [6, 6.07) is 5.03. The minimum Gasteiger partial charge on any atom is -0.468 e. The van der Waals surface area contributed by atoms with Gasteiger partial charge in [-0.15, -0.1) is 0 Å². The molecule has 1 fully saturated rings. The van der Waals surface area contributed by atoms with E-state index in [2.05, 4.69) is 19.2 Å². The van der Waals surface area contributed by atoms with E-state index in [9.17, 15) is 0 Å². The summed E-state index contributed by atoms with van der Waals surface area (Å²) in [5, 5.41) is 3.56. The maximum absolute atomic E-state index is 5.33. The van der Waals surface area contributed by atoms with Crippen LogP contribution in [0.4, 0.5) is 0 Å². The maximum Gasteiger partial charge on any atom is 0.120 e. The van der Waals surface area contributed by atoms with Crippen LogP contribution >= 0.6 is 0 Å². The van der Waals surface area contributed by atoms with E-state index >= 15 is 0 Å². The minimum atomic E-state index is 0.354. The third kappa shape index (κ3) is 1.94. The first-order chi connectivity index (χ1) is 6.25. The van der Waals surface area contributed by atoms with Gasteiger partial charge < -0.3 is 9.73 Å². The molecule has 0 radical (unpaired) electrons. The fraction of sp³-hybridized carbons (Fsp3) is 0.636. The van der Waals surface area contributed by atoms with E-state index < -0.39 is 0 Å².